The van der Waals surface area contributed by atoms with Gasteiger partial charge in [0.25, 0.3) is 5.91 Å². The SMILES string of the molecule is O=C1N/C(=N/CCc2cccc(Cl)c2)S/C1=C\c1ccc2ncccc2c1. The summed E-state index contributed by atoms with van der Waals surface area (Å²) < 4.78 is 0. The molecular formula is C21H16ClN3OS. The Morgan fingerprint density at radius 1 is 1.15 bits per heavy atom. The summed E-state index contributed by atoms with van der Waals surface area (Å²) in [5, 5.41) is 5.23. The van der Waals surface area contributed by atoms with E-state index in [1.165, 1.54) is 11.8 Å². The molecule has 0 saturated carbocycles. The molecule has 0 radical (unpaired) electrons. The van der Waals surface area contributed by atoms with Crippen LogP contribution in [0.25, 0.3) is 17.0 Å². The normalized spacial score (nSPS) is 17.0. The molecule has 0 spiro atoms. The zero-order chi connectivity index (χ0) is 18.6. The Labute approximate surface area is 166 Å². The average molecular weight is 394 g/mol. The number of hydrogen-bond donors (Lipinski definition) is 1. The van der Waals surface area contributed by atoms with Gasteiger partial charge in [-0.25, -0.2) is 0 Å². The second-order valence-electron chi connectivity index (χ2n) is 6.09. The maximum Gasteiger partial charge on any atom is 0.264 e. The van der Waals surface area contributed by atoms with Crippen LogP contribution in [0.4, 0.5) is 0 Å². The Bertz CT molecular complexity index is 1080. The number of aliphatic imine (C=N–C) groups is 1. The molecule has 134 valence electrons. The summed E-state index contributed by atoms with van der Waals surface area (Å²) in [5.41, 5.74) is 3.03. The Morgan fingerprint density at radius 3 is 2.96 bits per heavy atom. The van der Waals surface area contributed by atoms with Crippen molar-refractivity contribution in [1.29, 1.82) is 0 Å². The van der Waals surface area contributed by atoms with Gasteiger partial charge in [-0.2, -0.15) is 0 Å². The number of fused-ring (bicyclic) bond motifs is 1. The van der Waals surface area contributed by atoms with Crippen molar-refractivity contribution >= 4 is 51.4 Å². The van der Waals surface area contributed by atoms with Crippen molar-refractivity contribution < 1.29 is 4.79 Å². The largest absolute Gasteiger partial charge is 0.301 e. The molecule has 4 rings (SSSR count). The van der Waals surface area contributed by atoms with Crippen LogP contribution in [0.3, 0.4) is 0 Å². The number of thioether (sulfide) groups is 1. The van der Waals surface area contributed by atoms with E-state index >= 15 is 0 Å². The van der Waals surface area contributed by atoms with E-state index in [-0.39, 0.29) is 5.91 Å². The number of nitrogens with one attached hydrogen (secondary N) is 1. The highest BCUT2D eigenvalue weighted by Gasteiger charge is 2.23. The number of nitrogens with zero attached hydrogens (tertiary/aromatic N) is 2. The third-order valence-corrected chi connectivity index (χ3v) is 5.30. The number of carbonyl (C=O) groups excluding carboxylic acids is 1. The van der Waals surface area contributed by atoms with Crippen LogP contribution in [0, 0.1) is 0 Å². The number of pyridine rings is 1. The number of rotatable bonds is 4. The monoisotopic (exact) mass is 393 g/mol. The summed E-state index contributed by atoms with van der Waals surface area (Å²) in [5.74, 6) is -0.118. The molecule has 4 nitrogen and oxygen atoms in total. The van der Waals surface area contributed by atoms with Gasteiger partial charge in [-0.05, 0) is 65.7 Å². The Kier molecular flexibility index (Phi) is 5.23. The fourth-order valence-electron chi connectivity index (χ4n) is 2.82. The molecule has 0 unspecified atom stereocenters. The highest BCUT2D eigenvalue weighted by Crippen LogP contribution is 2.27. The molecule has 2 heterocycles. The Balaban J connectivity index is 1.45. The van der Waals surface area contributed by atoms with Crippen LogP contribution in [0.15, 0.2) is 70.7 Å². The van der Waals surface area contributed by atoms with E-state index in [9.17, 15) is 4.79 Å². The molecule has 0 atom stereocenters. The molecule has 27 heavy (non-hydrogen) atoms. The Morgan fingerprint density at radius 2 is 2.07 bits per heavy atom. The van der Waals surface area contributed by atoms with Crippen molar-refractivity contribution in [3.05, 3.63) is 81.8 Å². The highest BCUT2D eigenvalue weighted by atomic mass is 35.5. The first-order chi connectivity index (χ1) is 13.2. The molecule has 0 aliphatic carbocycles. The summed E-state index contributed by atoms with van der Waals surface area (Å²) in [7, 11) is 0. The van der Waals surface area contributed by atoms with Crippen LogP contribution in [0.5, 0.6) is 0 Å². The smallest absolute Gasteiger partial charge is 0.264 e. The Hall–Kier alpha value is -2.63. The molecule has 1 fully saturated rings. The lowest BCUT2D eigenvalue weighted by molar-refractivity contribution is -0.115. The van der Waals surface area contributed by atoms with Gasteiger partial charge >= 0.3 is 0 Å². The fourth-order valence-corrected chi connectivity index (χ4v) is 3.88. The summed E-state index contributed by atoms with van der Waals surface area (Å²) in [6.45, 7) is 0.595. The second-order valence-corrected chi connectivity index (χ2v) is 7.55. The van der Waals surface area contributed by atoms with Gasteiger partial charge in [0.15, 0.2) is 5.17 Å². The second kappa shape index (κ2) is 7.94. The zero-order valence-corrected chi connectivity index (χ0v) is 15.9. The molecule has 1 aliphatic heterocycles. The maximum atomic E-state index is 12.2. The van der Waals surface area contributed by atoms with Gasteiger partial charge in [0.1, 0.15) is 0 Å². The molecule has 6 heteroatoms. The predicted molar refractivity (Wildman–Crippen MR) is 113 cm³/mol. The van der Waals surface area contributed by atoms with Crippen molar-refractivity contribution in [2.24, 2.45) is 4.99 Å². The van der Waals surface area contributed by atoms with Crippen molar-refractivity contribution in [3.63, 3.8) is 0 Å². The van der Waals surface area contributed by atoms with Gasteiger partial charge in [0.2, 0.25) is 0 Å². The van der Waals surface area contributed by atoms with Gasteiger partial charge in [0.05, 0.1) is 10.4 Å². The van der Waals surface area contributed by atoms with Gasteiger partial charge in [-0.1, -0.05) is 35.9 Å². The van der Waals surface area contributed by atoms with Crippen LogP contribution in [0.2, 0.25) is 5.02 Å². The maximum absolute atomic E-state index is 12.2. The third-order valence-electron chi connectivity index (χ3n) is 4.12. The summed E-state index contributed by atoms with van der Waals surface area (Å²) in [4.78, 5) is 21.7. The van der Waals surface area contributed by atoms with E-state index < -0.39 is 0 Å². The topological polar surface area (TPSA) is 54.4 Å². The van der Waals surface area contributed by atoms with E-state index in [4.69, 9.17) is 11.6 Å². The molecule has 1 aliphatic rings. The number of amidine groups is 1. The first kappa shape index (κ1) is 17.8. The number of benzene rings is 2. The van der Waals surface area contributed by atoms with Crippen molar-refractivity contribution in [1.82, 2.24) is 10.3 Å². The summed E-state index contributed by atoms with van der Waals surface area (Å²) in [6, 6.07) is 17.6. The standard InChI is InChI=1S/C21H16ClN3OS/c22-17-5-1-3-14(12-17)8-10-24-21-25-20(26)19(27-21)13-15-6-7-18-16(11-15)4-2-9-23-18/h1-7,9,11-13H,8,10H2,(H,24,25,26)/b19-13-. The molecular weight excluding hydrogens is 378 g/mol. The van der Waals surface area contributed by atoms with E-state index in [0.29, 0.717) is 16.6 Å². The van der Waals surface area contributed by atoms with Gasteiger partial charge in [-0.15, -0.1) is 0 Å². The zero-order valence-electron chi connectivity index (χ0n) is 14.4. The quantitative estimate of drug-likeness (QED) is 0.654. The number of hydrogen-bond acceptors (Lipinski definition) is 4. The van der Waals surface area contributed by atoms with Crippen molar-refractivity contribution in [2.75, 3.05) is 6.54 Å². The van der Waals surface area contributed by atoms with Gasteiger partial charge in [0, 0.05) is 23.2 Å². The van der Waals surface area contributed by atoms with E-state index in [1.807, 2.05) is 60.7 Å². The first-order valence-electron chi connectivity index (χ1n) is 8.52. The van der Waals surface area contributed by atoms with E-state index in [0.717, 1.165) is 33.5 Å². The van der Waals surface area contributed by atoms with Crippen LogP contribution < -0.4 is 5.32 Å². The van der Waals surface area contributed by atoms with Crippen LogP contribution >= 0.6 is 23.4 Å². The van der Waals surface area contributed by atoms with Crippen molar-refractivity contribution in [3.8, 4) is 0 Å². The summed E-state index contributed by atoms with van der Waals surface area (Å²) >= 11 is 7.36. The lowest BCUT2D eigenvalue weighted by Gasteiger charge is -2.00. The molecule has 2 aromatic carbocycles. The van der Waals surface area contributed by atoms with E-state index in [1.54, 1.807) is 6.20 Å². The first-order valence-corrected chi connectivity index (χ1v) is 9.71. The molecule has 3 aromatic rings. The lowest BCUT2D eigenvalue weighted by atomic mass is 10.1. The number of carbonyl (C=O) groups is 1. The van der Waals surface area contributed by atoms with E-state index in [2.05, 4.69) is 15.3 Å². The minimum absolute atomic E-state index is 0.118. The van der Waals surface area contributed by atoms with Crippen LogP contribution in [-0.2, 0) is 11.2 Å². The molecule has 1 saturated heterocycles. The number of halogens is 1. The fraction of sp³-hybridized carbons (Fsp3) is 0.0952. The summed E-state index contributed by atoms with van der Waals surface area (Å²) in [6.07, 6.45) is 4.43. The van der Waals surface area contributed by atoms with Gasteiger partial charge in [-0.3, -0.25) is 14.8 Å². The van der Waals surface area contributed by atoms with Gasteiger partial charge < -0.3 is 5.32 Å². The van der Waals surface area contributed by atoms with Crippen molar-refractivity contribution in [2.45, 2.75) is 6.42 Å². The minimum atomic E-state index is -0.118. The molecule has 1 N–H and O–H groups in total. The van der Waals surface area contributed by atoms with Crippen LogP contribution in [0.1, 0.15) is 11.1 Å². The molecule has 1 aromatic heterocycles. The van der Waals surface area contributed by atoms with Crippen LogP contribution in [-0.4, -0.2) is 22.6 Å². The highest BCUT2D eigenvalue weighted by molar-refractivity contribution is 8.18. The molecule has 1 amide bonds. The average Bonchev–Trinajstić information content (AvgIpc) is 3.01. The lowest BCUT2D eigenvalue weighted by Crippen LogP contribution is -2.20. The third kappa shape index (κ3) is 4.38. The minimum Gasteiger partial charge on any atom is -0.301 e. The predicted octanol–water partition coefficient (Wildman–Crippen LogP) is 4.69. The number of amides is 1. The molecule has 0 bridgehead atoms. The number of aromatic nitrogens is 1.